The molecule has 2 amide bonds. The molecule has 0 saturated carbocycles. The van der Waals surface area contributed by atoms with Gasteiger partial charge in [0.1, 0.15) is 17.3 Å². The van der Waals surface area contributed by atoms with Crippen LogP contribution in [0.4, 0.5) is 19.3 Å². The lowest BCUT2D eigenvalue weighted by atomic mass is 10.3. The van der Waals surface area contributed by atoms with E-state index in [4.69, 9.17) is 4.42 Å². The van der Waals surface area contributed by atoms with Gasteiger partial charge < -0.3 is 15.1 Å². The van der Waals surface area contributed by atoms with Gasteiger partial charge in [-0.3, -0.25) is 4.79 Å². The van der Waals surface area contributed by atoms with Gasteiger partial charge in [-0.25, -0.2) is 18.3 Å². The minimum atomic E-state index is -0.739. The molecule has 3 rings (SSSR count). The molecule has 0 spiro atoms. The fourth-order valence-corrected chi connectivity index (χ4v) is 2.36. The Kier molecular flexibility index (Phi) is 5.60. The Morgan fingerprint density at radius 3 is 2.81 bits per heavy atom. The monoisotopic (exact) mass is 374 g/mol. The van der Waals surface area contributed by atoms with E-state index < -0.39 is 17.7 Å². The van der Waals surface area contributed by atoms with Crippen molar-refractivity contribution < 1.29 is 18.0 Å². The molecular weight excluding hydrogens is 358 g/mol. The number of carbonyl (C=O) groups is 1. The number of nitrogens with one attached hydrogen (secondary N) is 2. The first-order chi connectivity index (χ1) is 13.0. The third-order valence-corrected chi connectivity index (χ3v) is 3.65. The molecule has 0 unspecified atom stereocenters. The van der Waals surface area contributed by atoms with E-state index in [-0.39, 0.29) is 24.3 Å². The molecule has 0 atom stereocenters. The summed E-state index contributed by atoms with van der Waals surface area (Å²) in [5, 5.41) is 8.95. The number of rotatable bonds is 6. The molecule has 7 nitrogen and oxygen atoms in total. The van der Waals surface area contributed by atoms with Gasteiger partial charge in [-0.15, -0.1) is 0 Å². The number of hydrogen-bond acceptors (Lipinski definition) is 4. The summed E-state index contributed by atoms with van der Waals surface area (Å²) in [5.74, 6) is -0.857. The van der Waals surface area contributed by atoms with E-state index in [1.54, 1.807) is 18.2 Å². The summed E-state index contributed by atoms with van der Waals surface area (Å²) >= 11 is 0. The Morgan fingerprint density at radius 1 is 1.19 bits per heavy atom. The highest BCUT2D eigenvalue weighted by atomic mass is 19.1. The molecule has 0 aliphatic carbocycles. The predicted molar refractivity (Wildman–Crippen MR) is 94.2 cm³/mol. The van der Waals surface area contributed by atoms with E-state index >= 15 is 0 Å². The van der Waals surface area contributed by atoms with Gasteiger partial charge in [0.05, 0.1) is 12.0 Å². The van der Waals surface area contributed by atoms with E-state index in [9.17, 15) is 18.4 Å². The summed E-state index contributed by atoms with van der Waals surface area (Å²) in [4.78, 5) is 23.6. The highest BCUT2D eigenvalue weighted by molar-refractivity contribution is 5.89. The van der Waals surface area contributed by atoms with Gasteiger partial charge in [0, 0.05) is 25.2 Å². The van der Waals surface area contributed by atoms with Crippen LogP contribution >= 0.6 is 0 Å². The maximum Gasteiger partial charge on any atom is 0.319 e. The van der Waals surface area contributed by atoms with Crippen LogP contribution in [0.5, 0.6) is 0 Å². The summed E-state index contributed by atoms with van der Waals surface area (Å²) in [6.07, 6.45) is 1.92. The zero-order valence-electron chi connectivity index (χ0n) is 14.1. The quantitative estimate of drug-likeness (QED) is 0.649. The summed E-state index contributed by atoms with van der Waals surface area (Å²) in [5.41, 5.74) is -0.0139. The topological polar surface area (TPSA) is 89.2 Å². The van der Waals surface area contributed by atoms with Crippen LogP contribution in [0, 0.1) is 11.6 Å². The van der Waals surface area contributed by atoms with Crippen molar-refractivity contribution in [2.75, 3.05) is 11.9 Å². The number of amides is 2. The minimum Gasteiger partial charge on any atom is -0.463 e. The fraction of sp³-hybridized carbons (Fsp3) is 0.167. The smallest absolute Gasteiger partial charge is 0.319 e. The van der Waals surface area contributed by atoms with Crippen LogP contribution in [-0.2, 0) is 6.54 Å². The average Bonchev–Trinajstić information content (AvgIpc) is 3.18. The lowest BCUT2D eigenvalue weighted by molar-refractivity contribution is 0.251. The zero-order chi connectivity index (χ0) is 19.2. The fourth-order valence-electron chi connectivity index (χ4n) is 2.36. The molecule has 0 radical (unpaired) electrons. The number of anilines is 1. The van der Waals surface area contributed by atoms with Gasteiger partial charge in [-0.05, 0) is 36.8 Å². The number of benzene rings is 1. The number of nitrogens with zero attached hydrogens (tertiary/aromatic N) is 2. The first-order valence-electron chi connectivity index (χ1n) is 8.15. The Labute approximate surface area is 152 Å². The standard InChI is InChI=1S/C18H16F2N4O3/c19-12-4-5-13(20)15(11-12)22-18(26)21-8-2-9-24-17(25)7-6-14(23-24)16-3-1-10-27-16/h1,3-7,10-11H,2,8-9H2,(H2,21,22,26). The molecule has 9 heteroatoms. The highest BCUT2D eigenvalue weighted by Gasteiger charge is 2.08. The molecule has 0 saturated heterocycles. The largest absolute Gasteiger partial charge is 0.463 e. The predicted octanol–water partition coefficient (Wildman–Crippen LogP) is 2.99. The molecule has 0 aliphatic rings. The van der Waals surface area contributed by atoms with Crippen LogP contribution in [0.1, 0.15) is 6.42 Å². The van der Waals surface area contributed by atoms with Crippen LogP contribution in [-0.4, -0.2) is 22.4 Å². The Bertz CT molecular complexity index is 987. The molecule has 2 N–H and O–H groups in total. The van der Waals surface area contributed by atoms with E-state index in [1.807, 2.05) is 0 Å². The highest BCUT2D eigenvalue weighted by Crippen LogP contribution is 2.15. The number of aryl methyl sites for hydroxylation is 1. The second-order valence-electron chi connectivity index (χ2n) is 5.62. The van der Waals surface area contributed by atoms with Gasteiger partial charge >= 0.3 is 6.03 Å². The van der Waals surface area contributed by atoms with E-state index in [2.05, 4.69) is 15.7 Å². The van der Waals surface area contributed by atoms with Crippen molar-refractivity contribution in [1.29, 1.82) is 0 Å². The van der Waals surface area contributed by atoms with Crippen molar-refractivity contribution >= 4 is 11.7 Å². The van der Waals surface area contributed by atoms with Crippen LogP contribution < -0.4 is 16.2 Å². The Morgan fingerprint density at radius 2 is 2.04 bits per heavy atom. The summed E-state index contributed by atoms with van der Waals surface area (Å²) in [7, 11) is 0. The van der Waals surface area contributed by atoms with E-state index in [1.165, 1.54) is 17.0 Å². The molecule has 2 aromatic heterocycles. The Balaban J connectivity index is 1.51. The maximum absolute atomic E-state index is 13.5. The molecule has 0 fully saturated rings. The van der Waals surface area contributed by atoms with Crippen molar-refractivity contribution in [2.24, 2.45) is 0 Å². The normalized spacial score (nSPS) is 10.6. The van der Waals surface area contributed by atoms with Crippen molar-refractivity contribution in [3.63, 3.8) is 0 Å². The number of urea groups is 1. The minimum absolute atomic E-state index is 0.210. The summed E-state index contributed by atoms with van der Waals surface area (Å²) in [6.45, 7) is 0.476. The average molecular weight is 374 g/mol. The molecule has 0 bridgehead atoms. The second kappa shape index (κ2) is 8.26. The molecular formula is C18H16F2N4O3. The molecule has 2 heterocycles. The molecule has 3 aromatic rings. The van der Waals surface area contributed by atoms with Gasteiger partial charge in [-0.1, -0.05) is 0 Å². The molecule has 1 aromatic carbocycles. The van der Waals surface area contributed by atoms with Crippen molar-refractivity contribution in [3.05, 3.63) is 70.7 Å². The first kappa shape index (κ1) is 18.3. The molecule has 140 valence electrons. The van der Waals surface area contributed by atoms with Gasteiger partial charge in [0.25, 0.3) is 5.56 Å². The SMILES string of the molecule is O=C(NCCCn1nc(-c2ccco2)ccc1=O)Nc1cc(F)ccc1F. The van der Waals surface area contributed by atoms with Gasteiger partial charge in [0.15, 0.2) is 5.76 Å². The molecule has 27 heavy (non-hydrogen) atoms. The van der Waals surface area contributed by atoms with E-state index in [0.29, 0.717) is 17.9 Å². The number of furan rings is 1. The van der Waals surface area contributed by atoms with Crippen LogP contribution in [0.3, 0.4) is 0 Å². The first-order valence-corrected chi connectivity index (χ1v) is 8.15. The third-order valence-electron chi connectivity index (χ3n) is 3.65. The van der Waals surface area contributed by atoms with Gasteiger partial charge in [-0.2, -0.15) is 5.10 Å². The lowest BCUT2D eigenvalue weighted by Crippen LogP contribution is -2.31. The van der Waals surface area contributed by atoms with Crippen LogP contribution in [0.25, 0.3) is 11.5 Å². The second-order valence-corrected chi connectivity index (χ2v) is 5.62. The number of hydrogen-bond donors (Lipinski definition) is 2. The van der Waals surface area contributed by atoms with Crippen molar-refractivity contribution in [3.8, 4) is 11.5 Å². The van der Waals surface area contributed by atoms with Gasteiger partial charge in [0.2, 0.25) is 0 Å². The van der Waals surface area contributed by atoms with E-state index in [0.717, 1.165) is 18.2 Å². The number of carbonyl (C=O) groups excluding carboxylic acids is 1. The maximum atomic E-state index is 13.5. The zero-order valence-corrected chi connectivity index (χ0v) is 14.1. The van der Waals surface area contributed by atoms with Crippen LogP contribution in [0.15, 0.2) is 57.9 Å². The lowest BCUT2D eigenvalue weighted by Gasteiger charge is -2.09. The number of aromatic nitrogens is 2. The van der Waals surface area contributed by atoms with Crippen molar-refractivity contribution in [2.45, 2.75) is 13.0 Å². The van der Waals surface area contributed by atoms with Crippen molar-refractivity contribution in [1.82, 2.24) is 15.1 Å². The third kappa shape index (κ3) is 4.78. The summed E-state index contributed by atoms with van der Waals surface area (Å²) in [6, 6.07) is 8.50. The Hall–Kier alpha value is -3.49. The van der Waals surface area contributed by atoms with Crippen LogP contribution in [0.2, 0.25) is 0 Å². The number of halogens is 2. The summed E-state index contributed by atoms with van der Waals surface area (Å²) < 4.78 is 33.1. The molecule has 0 aliphatic heterocycles.